The summed E-state index contributed by atoms with van der Waals surface area (Å²) in [6.07, 6.45) is 0. The molecular weight excluding hydrogens is 799 g/mol. The van der Waals surface area contributed by atoms with Crippen LogP contribution in [0.3, 0.4) is 0 Å². The quantitative estimate of drug-likeness (QED) is 0.156. The average molecular weight is 834 g/mol. The maximum atomic E-state index is 2.53. The van der Waals surface area contributed by atoms with Gasteiger partial charge in [0.15, 0.2) is 0 Å². The molecule has 0 fully saturated rings. The van der Waals surface area contributed by atoms with Crippen molar-refractivity contribution in [1.82, 2.24) is 4.57 Å². The second-order valence-electron chi connectivity index (χ2n) is 16.7. The Morgan fingerprint density at radius 1 is 0.254 bits per heavy atom. The van der Waals surface area contributed by atoms with Crippen LogP contribution in [0.5, 0.6) is 0 Å². The van der Waals surface area contributed by atoms with Crippen LogP contribution in [0.2, 0.25) is 0 Å². The van der Waals surface area contributed by atoms with Crippen molar-refractivity contribution < 1.29 is 0 Å². The summed E-state index contributed by atoms with van der Waals surface area (Å²) >= 11 is 3.81. The van der Waals surface area contributed by atoms with Crippen LogP contribution >= 0.6 is 22.7 Å². The Labute approximate surface area is 370 Å². The zero-order valence-corrected chi connectivity index (χ0v) is 35.6. The van der Waals surface area contributed by atoms with Gasteiger partial charge in [-0.05, 0) is 96.0 Å². The molecule has 0 radical (unpaired) electrons. The second-order valence-corrected chi connectivity index (χ2v) is 18.8. The highest BCUT2D eigenvalue weighted by molar-refractivity contribution is 7.27. The minimum atomic E-state index is 1.16. The Kier molecular flexibility index (Phi) is 7.50. The molecule has 11 aromatic carbocycles. The maximum Gasteiger partial charge on any atom is 0.0547 e. The predicted octanol–water partition coefficient (Wildman–Crippen LogP) is 18.0. The molecule has 0 aliphatic carbocycles. The lowest BCUT2D eigenvalue weighted by Gasteiger charge is -2.14. The minimum absolute atomic E-state index is 1.16. The third kappa shape index (κ3) is 5.15. The molecule has 63 heavy (non-hydrogen) atoms. The first-order chi connectivity index (χ1) is 31.2. The number of nitrogens with zero attached hydrogens (tertiary/aromatic N) is 1. The molecule has 0 bridgehead atoms. The minimum Gasteiger partial charge on any atom is -0.309 e. The fourth-order valence-corrected chi connectivity index (χ4v) is 13.1. The van der Waals surface area contributed by atoms with E-state index in [4.69, 9.17) is 0 Å². The van der Waals surface area contributed by atoms with Gasteiger partial charge in [-0.3, -0.25) is 0 Å². The Hall–Kier alpha value is -7.56. The van der Waals surface area contributed by atoms with Crippen molar-refractivity contribution in [1.29, 1.82) is 0 Å². The van der Waals surface area contributed by atoms with Gasteiger partial charge < -0.3 is 4.57 Å². The molecular formula is C60H35NS2. The molecule has 0 atom stereocenters. The third-order valence-electron chi connectivity index (χ3n) is 13.4. The molecule has 14 rings (SSSR count). The van der Waals surface area contributed by atoms with Crippen molar-refractivity contribution in [3.8, 4) is 39.1 Å². The zero-order valence-electron chi connectivity index (χ0n) is 34.0. The third-order valence-corrected chi connectivity index (χ3v) is 15.9. The van der Waals surface area contributed by atoms with Crippen molar-refractivity contribution in [3.63, 3.8) is 0 Å². The van der Waals surface area contributed by atoms with E-state index in [2.05, 4.69) is 217 Å². The van der Waals surface area contributed by atoms with Crippen LogP contribution in [0.25, 0.3) is 134 Å². The standard InChI is InChI=1S/C60H35NS2/c1-2-13-36(14-3-1)40-20-10-24-52-53-25-12-22-42(60(53)63-59(40)52)38-28-31-49-48-30-27-37(41-21-11-23-51-50-19-8-9-26-57(50)62-58(41)51)33-55(48)61(56(49)34-38)39-29-32-47-45-17-5-4-15-43(45)44-16-6-7-18-46(44)54(47)35-39/h1-35H. The summed E-state index contributed by atoms with van der Waals surface area (Å²) in [5, 5.41) is 15.4. The fraction of sp³-hybridized carbons (Fsp3) is 0. The van der Waals surface area contributed by atoms with E-state index in [1.165, 1.54) is 128 Å². The van der Waals surface area contributed by atoms with E-state index in [1.54, 1.807) is 0 Å². The molecule has 0 N–H and O–H groups in total. The van der Waals surface area contributed by atoms with Crippen LogP contribution in [0.1, 0.15) is 0 Å². The Balaban J connectivity index is 1.05. The van der Waals surface area contributed by atoms with Gasteiger partial charge in [0.05, 0.1) is 11.0 Å². The van der Waals surface area contributed by atoms with E-state index in [0.29, 0.717) is 0 Å². The highest BCUT2D eigenvalue weighted by Crippen LogP contribution is 2.47. The van der Waals surface area contributed by atoms with Crippen molar-refractivity contribution >= 4 is 117 Å². The Morgan fingerprint density at radius 2 is 0.683 bits per heavy atom. The van der Waals surface area contributed by atoms with E-state index in [0.717, 1.165) is 5.69 Å². The number of hydrogen-bond donors (Lipinski definition) is 0. The fourth-order valence-electron chi connectivity index (χ4n) is 10.5. The number of fused-ring (bicyclic) bond motifs is 15. The van der Waals surface area contributed by atoms with Crippen LogP contribution in [-0.4, -0.2) is 4.57 Å². The number of thiophene rings is 2. The molecule has 0 unspecified atom stereocenters. The smallest absolute Gasteiger partial charge is 0.0547 e. The topological polar surface area (TPSA) is 4.93 Å². The van der Waals surface area contributed by atoms with Gasteiger partial charge in [0.25, 0.3) is 0 Å². The molecule has 0 saturated carbocycles. The second kappa shape index (κ2) is 13.5. The van der Waals surface area contributed by atoms with Crippen LogP contribution in [0, 0.1) is 0 Å². The first kappa shape index (κ1) is 35.1. The number of rotatable bonds is 4. The summed E-state index contributed by atoms with van der Waals surface area (Å²) in [5.41, 5.74) is 11.1. The van der Waals surface area contributed by atoms with Crippen LogP contribution in [0.15, 0.2) is 212 Å². The van der Waals surface area contributed by atoms with Crippen LogP contribution in [-0.2, 0) is 0 Å². The first-order valence-corrected chi connectivity index (χ1v) is 23.2. The van der Waals surface area contributed by atoms with E-state index in [-0.39, 0.29) is 0 Å². The summed E-state index contributed by atoms with van der Waals surface area (Å²) in [5.74, 6) is 0. The van der Waals surface area contributed by atoms with Gasteiger partial charge in [-0.1, -0.05) is 182 Å². The van der Waals surface area contributed by atoms with Gasteiger partial charge in [-0.2, -0.15) is 0 Å². The largest absolute Gasteiger partial charge is 0.309 e. The molecule has 0 amide bonds. The first-order valence-electron chi connectivity index (χ1n) is 21.6. The molecule has 0 aliphatic heterocycles. The molecule has 0 spiro atoms. The SMILES string of the molecule is c1ccc(-c2cccc3c2sc2c(-c4ccc5c6ccc(-c7cccc8c7sc7ccccc78)cc6n(-c6ccc7c8ccccc8c8ccccc8c7c6)c5c4)cccc23)cc1. The molecule has 292 valence electrons. The van der Waals surface area contributed by atoms with E-state index < -0.39 is 0 Å². The highest BCUT2D eigenvalue weighted by Gasteiger charge is 2.20. The molecule has 0 aliphatic rings. The van der Waals surface area contributed by atoms with Gasteiger partial charge in [0.1, 0.15) is 0 Å². The lowest BCUT2D eigenvalue weighted by molar-refractivity contribution is 1.19. The normalized spacial score (nSPS) is 12.1. The summed E-state index contributed by atoms with van der Waals surface area (Å²) < 4.78 is 7.84. The van der Waals surface area contributed by atoms with E-state index in [9.17, 15) is 0 Å². The maximum absolute atomic E-state index is 2.53. The van der Waals surface area contributed by atoms with Gasteiger partial charge >= 0.3 is 0 Å². The Morgan fingerprint density at radius 3 is 1.27 bits per heavy atom. The number of benzene rings is 11. The molecule has 1 nitrogen and oxygen atoms in total. The highest BCUT2D eigenvalue weighted by atomic mass is 32.1. The van der Waals surface area contributed by atoms with Gasteiger partial charge in [-0.15, -0.1) is 22.7 Å². The van der Waals surface area contributed by atoms with Crippen LogP contribution in [0.4, 0.5) is 0 Å². The molecule has 3 heterocycles. The Bertz CT molecular complexity index is 4170. The summed E-state index contributed by atoms with van der Waals surface area (Å²) in [6.45, 7) is 0. The summed E-state index contributed by atoms with van der Waals surface area (Å²) in [6, 6.07) is 79.2. The zero-order chi connectivity index (χ0) is 41.2. The van der Waals surface area contributed by atoms with E-state index in [1.807, 2.05) is 22.7 Å². The summed E-state index contributed by atoms with van der Waals surface area (Å²) in [4.78, 5) is 0. The van der Waals surface area contributed by atoms with Crippen molar-refractivity contribution in [3.05, 3.63) is 212 Å². The van der Waals surface area contributed by atoms with Crippen molar-refractivity contribution in [2.24, 2.45) is 0 Å². The van der Waals surface area contributed by atoms with E-state index >= 15 is 0 Å². The predicted molar refractivity (Wildman–Crippen MR) is 275 cm³/mol. The van der Waals surface area contributed by atoms with Crippen molar-refractivity contribution in [2.75, 3.05) is 0 Å². The van der Waals surface area contributed by atoms with Crippen molar-refractivity contribution in [2.45, 2.75) is 0 Å². The van der Waals surface area contributed by atoms with Gasteiger partial charge in [0, 0.05) is 56.8 Å². The number of aromatic nitrogens is 1. The average Bonchev–Trinajstić information content (AvgIpc) is 4.03. The molecule has 3 aromatic heterocycles. The molecule has 3 heteroatoms. The lowest BCUT2D eigenvalue weighted by Crippen LogP contribution is -1.95. The van der Waals surface area contributed by atoms with Gasteiger partial charge in [0.2, 0.25) is 0 Å². The van der Waals surface area contributed by atoms with Crippen LogP contribution < -0.4 is 0 Å². The number of hydrogen-bond acceptors (Lipinski definition) is 2. The van der Waals surface area contributed by atoms with Gasteiger partial charge in [-0.25, -0.2) is 0 Å². The molecule has 14 aromatic rings. The molecule has 0 saturated heterocycles. The summed E-state index contributed by atoms with van der Waals surface area (Å²) in [7, 11) is 0. The monoisotopic (exact) mass is 833 g/mol. The lowest BCUT2D eigenvalue weighted by atomic mass is 9.94.